The molecule has 1 amide bonds. The maximum Gasteiger partial charge on any atom is 0.236 e. The Labute approximate surface area is 276 Å². The highest BCUT2D eigenvalue weighted by atomic mass is 19.1. The number of carbonyl (C=O) groups is 1. The van der Waals surface area contributed by atoms with Crippen LogP contribution in [0.25, 0.3) is 44.5 Å². The lowest BCUT2D eigenvalue weighted by Crippen LogP contribution is -2.51. The highest BCUT2D eigenvalue weighted by Gasteiger charge is 2.43. The lowest BCUT2D eigenvalue weighted by molar-refractivity contribution is -0.132. The van der Waals surface area contributed by atoms with Crippen molar-refractivity contribution >= 4 is 33.4 Å². The average molecular weight is 644 g/mol. The summed E-state index contributed by atoms with van der Waals surface area (Å²) in [6.45, 7) is 4.42. The van der Waals surface area contributed by atoms with Crippen molar-refractivity contribution in [1.29, 1.82) is 0 Å². The molecule has 2 aliphatic rings. The van der Waals surface area contributed by atoms with Gasteiger partial charge in [0, 0.05) is 92.6 Å². The number of aromatic nitrogens is 6. The molecule has 0 radical (unpaired) electrons. The van der Waals surface area contributed by atoms with Gasteiger partial charge in [-0.3, -0.25) is 14.8 Å². The fourth-order valence-electron chi connectivity index (χ4n) is 6.80. The van der Waals surface area contributed by atoms with Crippen LogP contribution in [0.2, 0.25) is 0 Å². The van der Waals surface area contributed by atoms with E-state index in [2.05, 4.69) is 42.1 Å². The molecule has 0 unspecified atom stereocenters. The van der Waals surface area contributed by atoms with Crippen molar-refractivity contribution in [2.24, 2.45) is 0 Å². The van der Waals surface area contributed by atoms with Crippen molar-refractivity contribution in [3.05, 3.63) is 97.0 Å². The van der Waals surface area contributed by atoms with Crippen LogP contribution in [0.1, 0.15) is 12.2 Å². The summed E-state index contributed by atoms with van der Waals surface area (Å²) in [4.78, 5) is 38.2. The Morgan fingerprint density at radius 2 is 1.69 bits per heavy atom. The van der Waals surface area contributed by atoms with Gasteiger partial charge in [0.1, 0.15) is 11.4 Å². The highest BCUT2D eigenvalue weighted by molar-refractivity contribution is 6.01. The first kappa shape index (κ1) is 30.0. The molecule has 11 nitrogen and oxygen atoms in total. The number of H-pyrrole nitrogens is 1. The molecule has 2 saturated heterocycles. The van der Waals surface area contributed by atoms with Crippen molar-refractivity contribution in [3.8, 4) is 22.6 Å². The normalized spacial score (nSPS) is 18.6. The Bertz CT molecular complexity index is 2080. The molecule has 2 fully saturated rings. The van der Waals surface area contributed by atoms with Gasteiger partial charge in [0.25, 0.3) is 0 Å². The molecule has 0 bridgehead atoms. The molecule has 6 aromatic rings. The van der Waals surface area contributed by atoms with Gasteiger partial charge in [-0.05, 0) is 73.2 Å². The van der Waals surface area contributed by atoms with E-state index in [4.69, 9.17) is 14.7 Å². The molecule has 3 aromatic carbocycles. The van der Waals surface area contributed by atoms with E-state index in [1.54, 1.807) is 31.6 Å². The minimum atomic E-state index is -0.727. The monoisotopic (exact) mass is 643 g/mol. The number of amides is 1. The molecule has 12 heteroatoms. The number of fused-ring (bicyclic) bond motifs is 2. The van der Waals surface area contributed by atoms with E-state index in [9.17, 15) is 9.18 Å². The van der Waals surface area contributed by atoms with Crippen LogP contribution < -0.4 is 4.90 Å². The third kappa shape index (κ3) is 5.62. The third-order valence-corrected chi connectivity index (χ3v) is 9.54. The predicted octanol–water partition coefficient (Wildman–Crippen LogP) is 4.67. The second-order valence-electron chi connectivity index (χ2n) is 12.4. The van der Waals surface area contributed by atoms with Gasteiger partial charge in [0.15, 0.2) is 11.6 Å². The molecule has 0 spiro atoms. The number of carbonyl (C=O) groups excluding carboxylic acids is 1. The first-order valence-corrected chi connectivity index (χ1v) is 16.1. The number of nitrogens with zero attached hydrogens (tertiary/aromatic N) is 8. The molecule has 242 valence electrons. The van der Waals surface area contributed by atoms with Crippen molar-refractivity contribution in [2.45, 2.75) is 12.0 Å². The molecular formula is C36H34FN9O2. The van der Waals surface area contributed by atoms with Crippen molar-refractivity contribution < 1.29 is 13.9 Å². The van der Waals surface area contributed by atoms with Crippen LogP contribution in [0, 0.1) is 5.82 Å². The number of methoxy groups -OCH3 is 1. The lowest BCUT2D eigenvalue weighted by atomic mass is 10.0. The Morgan fingerprint density at radius 1 is 0.938 bits per heavy atom. The third-order valence-electron chi connectivity index (χ3n) is 9.54. The van der Waals surface area contributed by atoms with E-state index >= 15 is 0 Å². The molecule has 48 heavy (non-hydrogen) atoms. The molecule has 5 heterocycles. The first-order chi connectivity index (χ1) is 23.5. The van der Waals surface area contributed by atoms with Gasteiger partial charge in [0.05, 0.1) is 23.3 Å². The maximum absolute atomic E-state index is 13.5. The molecule has 8 rings (SSSR count). The van der Waals surface area contributed by atoms with Crippen LogP contribution in [0.15, 0.2) is 85.3 Å². The number of benzene rings is 3. The van der Waals surface area contributed by atoms with Gasteiger partial charge in [-0.2, -0.15) is 5.10 Å². The lowest BCUT2D eigenvalue weighted by Gasteiger charge is -2.37. The van der Waals surface area contributed by atoms with Gasteiger partial charge < -0.3 is 14.5 Å². The summed E-state index contributed by atoms with van der Waals surface area (Å²) in [5.74, 6) is 1.13. The number of aromatic amines is 1. The number of anilines is 1. The van der Waals surface area contributed by atoms with Crippen LogP contribution in [0.5, 0.6) is 0 Å². The molecule has 1 atom stereocenters. The molecular weight excluding hydrogens is 609 g/mol. The van der Waals surface area contributed by atoms with E-state index in [1.165, 1.54) is 12.1 Å². The summed E-state index contributed by atoms with van der Waals surface area (Å²) >= 11 is 0. The number of hydrogen-bond donors (Lipinski definition) is 1. The van der Waals surface area contributed by atoms with E-state index in [0.717, 1.165) is 57.4 Å². The molecule has 0 aliphatic carbocycles. The quantitative estimate of drug-likeness (QED) is 0.265. The van der Waals surface area contributed by atoms with Gasteiger partial charge in [0.2, 0.25) is 5.91 Å². The second-order valence-corrected chi connectivity index (χ2v) is 12.4. The van der Waals surface area contributed by atoms with Crippen LogP contribution in [-0.4, -0.2) is 98.8 Å². The molecule has 3 aromatic heterocycles. The zero-order valence-electron chi connectivity index (χ0n) is 26.5. The topological polar surface area (TPSA) is 116 Å². The van der Waals surface area contributed by atoms with Crippen LogP contribution in [-0.2, 0) is 15.1 Å². The van der Waals surface area contributed by atoms with Crippen molar-refractivity contribution in [1.82, 2.24) is 39.9 Å². The van der Waals surface area contributed by atoms with Gasteiger partial charge >= 0.3 is 0 Å². The Balaban J connectivity index is 0.924. The number of piperazine rings is 1. The summed E-state index contributed by atoms with van der Waals surface area (Å²) in [6.07, 6.45) is 5.97. The molecule has 1 N–H and O–H groups in total. The summed E-state index contributed by atoms with van der Waals surface area (Å²) < 4.78 is 19.7. The van der Waals surface area contributed by atoms with Crippen LogP contribution >= 0.6 is 0 Å². The van der Waals surface area contributed by atoms with E-state index in [-0.39, 0.29) is 11.7 Å². The number of halogens is 1. The predicted molar refractivity (Wildman–Crippen MR) is 181 cm³/mol. The van der Waals surface area contributed by atoms with Crippen molar-refractivity contribution in [2.75, 3.05) is 57.8 Å². The summed E-state index contributed by atoms with van der Waals surface area (Å²) in [7, 11) is 1.68. The minimum absolute atomic E-state index is 0.119. The zero-order valence-corrected chi connectivity index (χ0v) is 26.5. The Hall–Kier alpha value is -5.33. The largest absolute Gasteiger partial charge is 0.369 e. The van der Waals surface area contributed by atoms with Crippen molar-refractivity contribution in [3.63, 3.8) is 0 Å². The van der Waals surface area contributed by atoms with Gasteiger partial charge in [-0.1, -0.05) is 0 Å². The summed E-state index contributed by atoms with van der Waals surface area (Å²) in [5, 5.41) is 9.33. The second kappa shape index (κ2) is 12.4. The molecule has 2 aliphatic heterocycles. The number of hydrogen-bond acceptors (Lipinski definition) is 9. The smallest absolute Gasteiger partial charge is 0.236 e. The Kier molecular flexibility index (Phi) is 7.73. The highest BCUT2D eigenvalue weighted by Crippen LogP contribution is 2.35. The minimum Gasteiger partial charge on any atom is -0.369 e. The van der Waals surface area contributed by atoms with Crippen LogP contribution in [0.4, 0.5) is 10.1 Å². The average Bonchev–Trinajstić information content (AvgIpc) is 3.76. The van der Waals surface area contributed by atoms with E-state index in [0.29, 0.717) is 50.8 Å². The van der Waals surface area contributed by atoms with Gasteiger partial charge in [-0.15, -0.1) is 0 Å². The Morgan fingerprint density at radius 3 is 2.44 bits per heavy atom. The van der Waals surface area contributed by atoms with Crippen LogP contribution in [0.3, 0.4) is 0 Å². The molecule has 0 saturated carbocycles. The fourth-order valence-corrected chi connectivity index (χ4v) is 6.80. The maximum atomic E-state index is 13.5. The van der Waals surface area contributed by atoms with E-state index in [1.807, 2.05) is 41.4 Å². The summed E-state index contributed by atoms with van der Waals surface area (Å²) in [5.41, 5.74) is 4.54. The first-order valence-electron chi connectivity index (χ1n) is 16.1. The zero-order chi connectivity index (χ0) is 32.7. The number of rotatable bonds is 7. The SMILES string of the molecule is CO[C@@]1(c2ncc3cc4[nH]nc(-c5ccc(F)cc5)c4cc3n2)CCN(CC(=O)N2CCN(c3ccc(-c4ncccn4)cc3)CC2)C1. The fraction of sp³-hybridized carbons (Fsp3) is 0.278. The summed E-state index contributed by atoms with van der Waals surface area (Å²) in [6, 6.07) is 20.3. The number of ether oxygens (including phenoxy) is 1. The number of likely N-dealkylation sites (tertiary alicyclic amines) is 1. The van der Waals surface area contributed by atoms with Gasteiger partial charge in [-0.25, -0.2) is 24.3 Å². The number of nitrogens with one attached hydrogen (secondary N) is 1. The standard InChI is InChI=1S/C36H34FN9O2/c1-48-36(35-40-21-26-19-31-29(20-30(26)41-35)33(43-42-31)24-3-7-27(37)8-4-24)11-14-44(23-36)22-32(47)46-17-15-45(16-18-46)28-9-5-25(6-10-28)34-38-12-2-13-39-34/h2-10,12-13,19-21H,11,14-18,22-23H2,1H3,(H,42,43)/t36-/m0/s1. The van der Waals surface area contributed by atoms with E-state index < -0.39 is 5.60 Å².